The van der Waals surface area contributed by atoms with Crippen molar-refractivity contribution in [3.63, 3.8) is 0 Å². The number of ether oxygens (including phenoxy) is 1. The molecule has 24 heavy (non-hydrogen) atoms. The van der Waals surface area contributed by atoms with Gasteiger partial charge in [0.1, 0.15) is 11.5 Å². The van der Waals surface area contributed by atoms with E-state index in [1.54, 1.807) is 23.1 Å². The van der Waals surface area contributed by atoms with E-state index < -0.39 is 24.0 Å². The molecule has 0 aliphatic rings. The van der Waals surface area contributed by atoms with Crippen molar-refractivity contribution in [2.75, 3.05) is 0 Å². The van der Waals surface area contributed by atoms with Crippen molar-refractivity contribution >= 4 is 0 Å². The number of hydrogen-bond acceptors (Lipinski definition) is 3. The first kappa shape index (κ1) is 16.0. The topological polar surface area (TPSA) is 39.9 Å². The van der Waals surface area contributed by atoms with Crippen LogP contribution in [0.2, 0.25) is 0 Å². The van der Waals surface area contributed by atoms with Crippen LogP contribution in [0.3, 0.4) is 0 Å². The molecular weight excluding hydrogens is 326 g/mol. The van der Waals surface area contributed by atoms with Gasteiger partial charge in [0.15, 0.2) is 11.6 Å². The fourth-order valence-corrected chi connectivity index (χ4v) is 2.19. The Hall–Kier alpha value is -2.90. The lowest BCUT2D eigenvalue weighted by molar-refractivity contribution is -0.0521. The normalized spacial score (nSPS) is 11.0. The maximum Gasteiger partial charge on any atom is 0.387 e. The maximum atomic E-state index is 14.3. The fraction of sp³-hybridized carbons (Fsp3) is 0.125. The second kappa shape index (κ2) is 6.69. The molecule has 1 aromatic carbocycles. The molecule has 2 aromatic heterocycles. The number of halogens is 4. The molecule has 0 unspecified atom stereocenters. The van der Waals surface area contributed by atoms with Crippen LogP contribution >= 0.6 is 0 Å². The number of aromatic nitrogens is 3. The van der Waals surface area contributed by atoms with Crippen LogP contribution in [-0.4, -0.2) is 21.4 Å². The van der Waals surface area contributed by atoms with Gasteiger partial charge in [-0.15, -0.1) is 0 Å². The lowest BCUT2D eigenvalue weighted by Gasteiger charge is -2.09. The van der Waals surface area contributed by atoms with Gasteiger partial charge in [-0.1, -0.05) is 0 Å². The molecule has 0 bridgehead atoms. The number of alkyl halides is 2. The Bertz CT molecular complexity index is 837. The maximum absolute atomic E-state index is 14.3. The van der Waals surface area contributed by atoms with E-state index in [-0.39, 0.29) is 11.3 Å². The van der Waals surface area contributed by atoms with Crippen molar-refractivity contribution in [1.29, 1.82) is 0 Å². The van der Waals surface area contributed by atoms with E-state index >= 15 is 0 Å². The number of pyridine rings is 1. The van der Waals surface area contributed by atoms with Crippen molar-refractivity contribution in [2.45, 2.75) is 13.2 Å². The number of rotatable bonds is 5. The molecule has 0 saturated heterocycles. The van der Waals surface area contributed by atoms with Crippen LogP contribution in [0.25, 0.3) is 11.3 Å². The zero-order valence-corrected chi connectivity index (χ0v) is 12.2. The van der Waals surface area contributed by atoms with E-state index in [9.17, 15) is 17.6 Å². The van der Waals surface area contributed by atoms with Crippen LogP contribution in [0.1, 0.15) is 5.56 Å². The highest BCUT2D eigenvalue weighted by atomic mass is 19.3. The Kier molecular flexibility index (Phi) is 4.45. The summed E-state index contributed by atoms with van der Waals surface area (Å²) in [7, 11) is 0. The Morgan fingerprint density at radius 3 is 2.62 bits per heavy atom. The molecule has 8 heteroatoms. The summed E-state index contributed by atoms with van der Waals surface area (Å²) in [6.07, 6.45) is 4.76. The van der Waals surface area contributed by atoms with Crippen LogP contribution in [0, 0.1) is 11.6 Å². The van der Waals surface area contributed by atoms with Gasteiger partial charge in [-0.05, 0) is 35.9 Å². The summed E-state index contributed by atoms with van der Waals surface area (Å²) in [5.41, 5.74) is 0.625. The Balaban J connectivity index is 1.89. The summed E-state index contributed by atoms with van der Waals surface area (Å²) < 4.78 is 57.9. The van der Waals surface area contributed by atoms with E-state index in [2.05, 4.69) is 14.8 Å². The number of benzene rings is 1. The quantitative estimate of drug-likeness (QED) is 0.664. The van der Waals surface area contributed by atoms with Gasteiger partial charge in [0.05, 0.1) is 6.54 Å². The lowest BCUT2D eigenvalue weighted by atomic mass is 10.1. The second-order valence-electron chi connectivity index (χ2n) is 4.90. The highest BCUT2D eigenvalue weighted by Crippen LogP contribution is 2.28. The van der Waals surface area contributed by atoms with Gasteiger partial charge in [0.2, 0.25) is 0 Å². The highest BCUT2D eigenvalue weighted by molar-refractivity contribution is 5.62. The van der Waals surface area contributed by atoms with Crippen LogP contribution in [0.4, 0.5) is 17.6 Å². The van der Waals surface area contributed by atoms with E-state index in [4.69, 9.17) is 0 Å². The Morgan fingerprint density at radius 1 is 1.12 bits per heavy atom. The zero-order valence-electron chi connectivity index (χ0n) is 12.2. The minimum Gasteiger partial charge on any atom is -0.432 e. The molecule has 0 amide bonds. The molecule has 2 heterocycles. The first-order valence-electron chi connectivity index (χ1n) is 6.89. The van der Waals surface area contributed by atoms with Gasteiger partial charge in [0.25, 0.3) is 0 Å². The lowest BCUT2D eigenvalue weighted by Crippen LogP contribution is -2.04. The molecule has 0 atom stereocenters. The molecule has 0 spiro atoms. The van der Waals surface area contributed by atoms with Gasteiger partial charge in [-0.3, -0.25) is 9.67 Å². The van der Waals surface area contributed by atoms with Gasteiger partial charge >= 0.3 is 6.61 Å². The van der Waals surface area contributed by atoms with E-state index in [0.717, 1.165) is 12.1 Å². The first-order valence-corrected chi connectivity index (χ1v) is 6.89. The molecule has 4 nitrogen and oxygen atoms in total. The zero-order chi connectivity index (χ0) is 17.1. The summed E-state index contributed by atoms with van der Waals surface area (Å²) >= 11 is 0. The molecule has 0 radical (unpaired) electrons. The molecule has 3 rings (SSSR count). The highest BCUT2D eigenvalue weighted by Gasteiger charge is 2.14. The van der Waals surface area contributed by atoms with E-state index in [1.165, 1.54) is 18.3 Å². The summed E-state index contributed by atoms with van der Waals surface area (Å²) in [5.74, 6) is -2.28. The average molecular weight is 337 g/mol. The van der Waals surface area contributed by atoms with Crippen LogP contribution < -0.4 is 4.74 Å². The molecule has 0 aliphatic heterocycles. The van der Waals surface area contributed by atoms with E-state index in [1.807, 2.05) is 0 Å². The summed E-state index contributed by atoms with van der Waals surface area (Å²) in [4.78, 5) is 4.00. The molecule has 0 saturated carbocycles. The molecule has 0 N–H and O–H groups in total. The smallest absolute Gasteiger partial charge is 0.387 e. The minimum absolute atomic E-state index is 0.0849. The molecule has 3 aromatic rings. The Morgan fingerprint density at radius 2 is 1.96 bits per heavy atom. The largest absolute Gasteiger partial charge is 0.432 e. The van der Waals surface area contributed by atoms with Crippen molar-refractivity contribution in [3.8, 4) is 17.0 Å². The molecular formula is C16H11F4N3O. The standard InChI is InChI=1S/C16H11F4N3O/c17-12-3-2-11(7-14(12)24-16(19)20)15-13(18)6-10(8-21-15)9-23-5-1-4-22-23/h1-8,16H,9H2. The minimum atomic E-state index is -3.18. The van der Waals surface area contributed by atoms with E-state index in [0.29, 0.717) is 12.1 Å². The molecule has 0 aliphatic carbocycles. The van der Waals surface area contributed by atoms with Crippen LogP contribution in [-0.2, 0) is 6.54 Å². The van der Waals surface area contributed by atoms with Crippen molar-refractivity contribution in [3.05, 3.63) is 66.1 Å². The summed E-state index contributed by atoms with van der Waals surface area (Å²) in [6, 6.07) is 6.15. The van der Waals surface area contributed by atoms with Gasteiger partial charge < -0.3 is 4.74 Å². The summed E-state index contributed by atoms with van der Waals surface area (Å²) in [6.45, 7) is -2.84. The third-order valence-electron chi connectivity index (χ3n) is 3.22. The fourth-order valence-electron chi connectivity index (χ4n) is 2.19. The first-order chi connectivity index (χ1) is 11.5. The third-order valence-corrected chi connectivity index (χ3v) is 3.22. The predicted molar refractivity (Wildman–Crippen MR) is 77.6 cm³/mol. The summed E-state index contributed by atoms with van der Waals surface area (Å²) in [5, 5.41) is 4.01. The monoisotopic (exact) mass is 337 g/mol. The van der Waals surface area contributed by atoms with Gasteiger partial charge in [-0.2, -0.15) is 13.9 Å². The number of hydrogen-bond donors (Lipinski definition) is 0. The number of nitrogens with zero attached hydrogens (tertiary/aromatic N) is 3. The predicted octanol–water partition coefficient (Wildman–Crippen LogP) is 3.87. The van der Waals surface area contributed by atoms with Gasteiger partial charge in [-0.25, -0.2) is 8.78 Å². The van der Waals surface area contributed by atoms with Crippen molar-refractivity contribution in [1.82, 2.24) is 14.8 Å². The van der Waals surface area contributed by atoms with Crippen molar-refractivity contribution < 1.29 is 22.3 Å². The average Bonchev–Trinajstić information content (AvgIpc) is 3.02. The molecule has 124 valence electrons. The van der Waals surface area contributed by atoms with Crippen LogP contribution in [0.5, 0.6) is 5.75 Å². The van der Waals surface area contributed by atoms with Gasteiger partial charge in [0, 0.05) is 24.2 Å². The van der Waals surface area contributed by atoms with Crippen molar-refractivity contribution in [2.24, 2.45) is 0 Å². The second-order valence-corrected chi connectivity index (χ2v) is 4.90. The van der Waals surface area contributed by atoms with Crippen LogP contribution in [0.15, 0.2) is 48.9 Å². The Labute approximate surface area is 134 Å². The third kappa shape index (κ3) is 3.53. The molecule has 0 fully saturated rings. The SMILES string of the molecule is Fc1ccc(-c2ncc(Cn3cccn3)cc2F)cc1OC(F)F.